The van der Waals surface area contributed by atoms with Gasteiger partial charge in [-0.2, -0.15) is 5.10 Å². The fourth-order valence-corrected chi connectivity index (χ4v) is 3.15. The average Bonchev–Trinajstić information content (AvgIpc) is 3.24. The van der Waals surface area contributed by atoms with E-state index in [0.717, 1.165) is 35.4 Å². The third-order valence-corrected chi connectivity index (χ3v) is 4.71. The highest BCUT2D eigenvalue weighted by Gasteiger charge is 2.12. The van der Waals surface area contributed by atoms with E-state index in [4.69, 9.17) is 14.2 Å². The van der Waals surface area contributed by atoms with E-state index in [0.29, 0.717) is 30.3 Å². The number of nitrogens with zero attached hydrogens (tertiary/aromatic N) is 4. The molecule has 32 heavy (non-hydrogen) atoms. The predicted octanol–water partition coefficient (Wildman–Crippen LogP) is 2.50. The number of aromatic nitrogens is 4. The molecule has 10 heteroatoms. The van der Waals surface area contributed by atoms with Gasteiger partial charge in [-0.05, 0) is 30.2 Å². The van der Waals surface area contributed by atoms with Crippen molar-refractivity contribution in [3.05, 3.63) is 36.3 Å². The summed E-state index contributed by atoms with van der Waals surface area (Å²) in [5, 5.41) is 11.4. The number of nitrogens with one attached hydrogen (secondary N) is 2. The first-order valence-electron chi connectivity index (χ1n) is 10.3. The number of benzene rings is 1. The summed E-state index contributed by atoms with van der Waals surface area (Å²) < 4.78 is 17.7. The lowest BCUT2D eigenvalue weighted by Gasteiger charge is -2.12. The van der Waals surface area contributed by atoms with Crippen LogP contribution in [0.3, 0.4) is 0 Å². The zero-order valence-corrected chi connectivity index (χ0v) is 18.7. The normalized spacial score (nSPS) is 11.0. The molecule has 0 radical (unpaired) electrons. The summed E-state index contributed by atoms with van der Waals surface area (Å²) in [6.07, 6.45) is 7.38. The molecule has 2 aromatic heterocycles. The second-order valence-electron chi connectivity index (χ2n) is 6.84. The molecule has 2 N–H and O–H groups in total. The smallest absolute Gasteiger partial charge is 0.244 e. The summed E-state index contributed by atoms with van der Waals surface area (Å²) in [4.78, 5) is 20.9. The van der Waals surface area contributed by atoms with Crippen LogP contribution in [0.25, 0.3) is 17.1 Å². The highest BCUT2D eigenvalue weighted by Crippen LogP contribution is 2.38. The van der Waals surface area contributed by atoms with Crippen molar-refractivity contribution in [2.45, 2.75) is 19.9 Å². The topological polar surface area (TPSA) is 112 Å². The Labute approximate surface area is 186 Å². The van der Waals surface area contributed by atoms with Crippen molar-refractivity contribution in [2.24, 2.45) is 0 Å². The Kier molecular flexibility index (Phi) is 7.85. The molecule has 0 bridgehead atoms. The quantitative estimate of drug-likeness (QED) is 0.438. The van der Waals surface area contributed by atoms with Crippen LogP contribution in [0.2, 0.25) is 0 Å². The van der Waals surface area contributed by atoms with Crippen LogP contribution in [0, 0.1) is 0 Å². The minimum Gasteiger partial charge on any atom is -0.493 e. The van der Waals surface area contributed by atoms with Crippen molar-refractivity contribution in [3.8, 4) is 17.2 Å². The van der Waals surface area contributed by atoms with Crippen molar-refractivity contribution in [1.82, 2.24) is 25.1 Å². The van der Waals surface area contributed by atoms with Crippen molar-refractivity contribution < 1.29 is 19.0 Å². The fraction of sp³-hybridized carbons (Fsp3) is 0.364. The molecule has 0 saturated carbocycles. The zero-order valence-electron chi connectivity index (χ0n) is 18.7. The van der Waals surface area contributed by atoms with Gasteiger partial charge in [0.25, 0.3) is 0 Å². The Hall–Kier alpha value is -3.82. The van der Waals surface area contributed by atoms with Crippen LogP contribution in [0.1, 0.15) is 18.9 Å². The van der Waals surface area contributed by atoms with Gasteiger partial charge in [0.1, 0.15) is 12.1 Å². The maximum atomic E-state index is 12.3. The van der Waals surface area contributed by atoms with E-state index in [9.17, 15) is 4.79 Å². The first-order valence-corrected chi connectivity index (χ1v) is 10.3. The Bertz CT molecular complexity index is 1070. The van der Waals surface area contributed by atoms with E-state index in [1.165, 1.54) is 12.4 Å². The van der Waals surface area contributed by atoms with Gasteiger partial charge in [0.15, 0.2) is 17.1 Å². The third kappa shape index (κ3) is 5.26. The Balaban J connectivity index is 1.61. The van der Waals surface area contributed by atoms with E-state index >= 15 is 0 Å². The SMILES string of the molecule is CCCNc1ncnc2c1cnn2CCNC(=O)/C=C/c1cc(OC)c(OC)c(OC)c1. The maximum absolute atomic E-state index is 12.3. The lowest BCUT2D eigenvalue weighted by Crippen LogP contribution is -2.25. The molecule has 0 unspecified atom stereocenters. The van der Waals surface area contributed by atoms with Gasteiger partial charge < -0.3 is 24.8 Å². The molecular formula is C22H28N6O4. The molecule has 0 fully saturated rings. The summed E-state index contributed by atoms with van der Waals surface area (Å²) in [5.41, 5.74) is 1.47. The van der Waals surface area contributed by atoms with Crippen molar-refractivity contribution >= 4 is 28.8 Å². The maximum Gasteiger partial charge on any atom is 0.244 e. The predicted molar refractivity (Wildman–Crippen MR) is 122 cm³/mol. The fourth-order valence-electron chi connectivity index (χ4n) is 3.15. The largest absolute Gasteiger partial charge is 0.493 e. The van der Waals surface area contributed by atoms with Crippen LogP contribution < -0.4 is 24.8 Å². The van der Waals surface area contributed by atoms with Gasteiger partial charge in [0.05, 0.1) is 39.5 Å². The molecule has 0 aliphatic carbocycles. The molecule has 1 amide bonds. The van der Waals surface area contributed by atoms with E-state index in [1.54, 1.807) is 50.4 Å². The molecule has 0 atom stereocenters. The standard InChI is InChI=1S/C22H28N6O4/c1-5-8-24-21-16-13-27-28(22(16)26-14-25-21)10-9-23-19(29)7-6-15-11-17(30-2)20(32-4)18(12-15)31-3/h6-7,11-14H,5,8-10H2,1-4H3,(H,23,29)(H,24,25,26)/b7-6+. The van der Waals surface area contributed by atoms with Gasteiger partial charge in [-0.1, -0.05) is 6.92 Å². The number of rotatable bonds is 11. The molecule has 3 aromatic rings. The molecular weight excluding hydrogens is 412 g/mol. The molecule has 0 aliphatic heterocycles. The van der Waals surface area contributed by atoms with Gasteiger partial charge in [0, 0.05) is 19.2 Å². The number of methoxy groups -OCH3 is 3. The van der Waals surface area contributed by atoms with Crippen LogP contribution in [0.4, 0.5) is 5.82 Å². The summed E-state index contributed by atoms with van der Waals surface area (Å²) in [6, 6.07) is 3.54. The number of fused-ring (bicyclic) bond motifs is 1. The summed E-state index contributed by atoms with van der Waals surface area (Å²) in [6.45, 7) is 3.80. The minimum absolute atomic E-state index is 0.227. The van der Waals surface area contributed by atoms with Crippen molar-refractivity contribution in [2.75, 3.05) is 39.7 Å². The molecule has 0 aliphatic rings. The molecule has 0 spiro atoms. The lowest BCUT2D eigenvalue weighted by atomic mass is 10.1. The second-order valence-corrected chi connectivity index (χ2v) is 6.84. The molecule has 0 saturated heterocycles. The van der Waals surface area contributed by atoms with Gasteiger partial charge in [0.2, 0.25) is 11.7 Å². The number of hydrogen-bond acceptors (Lipinski definition) is 8. The molecule has 170 valence electrons. The second kappa shape index (κ2) is 11.0. The number of anilines is 1. The first-order chi connectivity index (χ1) is 15.6. The van der Waals surface area contributed by atoms with Crippen molar-refractivity contribution in [1.29, 1.82) is 0 Å². The average molecular weight is 441 g/mol. The molecule has 2 heterocycles. The lowest BCUT2D eigenvalue weighted by molar-refractivity contribution is -0.116. The van der Waals surface area contributed by atoms with Gasteiger partial charge >= 0.3 is 0 Å². The van der Waals surface area contributed by atoms with E-state index in [1.807, 2.05) is 0 Å². The van der Waals surface area contributed by atoms with Gasteiger partial charge in [-0.3, -0.25) is 4.79 Å². The first kappa shape index (κ1) is 22.9. The number of hydrogen-bond donors (Lipinski definition) is 2. The van der Waals surface area contributed by atoms with E-state index in [-0.39, 0.29) is 5.91 Å². The van der Waals surface area contributed by atoms with Crippen LogP contribution >= 0.6 is 0 Å². The number of ether oxygens (including phenoxy) is 3. The number of carbonyl (C=O) groups excluding carboxylic acids is 1. The van der Waals surface area contributed by atoms with Gasteiger partial charge in [-0.15, -0.1) is 0 Å². The van der Waals surface area contributed by atoms with Crippen LogP contribution in [0.15, 0.2) is 30.7 Å². The van der Waals surface area contributed by atoms with E-state index < -0.39 is 0 Å². The number of carbonyl (C=O) groups is 1. The summed E-state index contributed by atoms with van der Waals surface area (Å²) in [5.74, 6) is 2.08. The minimum atomic E-state index is -0.227. The number of amides is 1. The molecule has 1 aromatic carbocycles. The van der Waals surface area contributed by atoms with Crippen LogP contribution in [-0.2, 0) is 11.3 Å². The Morgan fingerprint density at radius 1 is 1.09 bits per heavy atom. The Morgan fingerprint density at radius 3 is 2.50 bits per heavy atom. The monoisotopic (exact) mass is 440 g/mol. The zero-order chi connectivity index (χ0) is 22.9. The van der Waals surface area contributed by atoms with Gasteiger partial charge in [-0.25, -0.2) is 14.6 Å². The van der Waals surface area contributed by atoms with Crippen LogP contribution in [0.5, 0.6) is 17.2 Å². The highest BCUT2D eigenvalue weighted by atomic mass is 16.5. The molecule has 10 nitrogen and oxygen atoms in total. The summed E-state index contributed by atoms with van der Waals surface area (Å²) in [7, 11) is 4.63. The van der Waals surface area contributed by atoms with Crippen molar-refractivity contribution in [3.63, 3.8) is 0 Å². The molecule has 3 rings (SSSR count). The van der Waals surface area contributed by atoms with E-state index in [2.05, 4.69) is 32.6 Å². The van der Waals surface area contributed by atoms with Crippen LogP contribution in [-0.4, -0.2) is 60.1 Å². The highest BCUT2D eigenvalue weighted by molar-refractivity contribution is 5.92. The third-order valence-electron chi connectivity index (χ3n) is 4.71. The summed E-state index contributed by atoms with van der Waals surface area (Å²) >= 11 is 0. The Morgan fingerprint density at radius 2 is 1.84 bits per heavy atom.